The van der Waals surface area contributed by atoms with Crippen molar-refractivity contribution in [2.75, 3.05) is 13.1 Å². The molecule has 2 atom stereocenters. The molecule has 0 spiro atoms. The van der Waals surface area contributed by atoms with Crippen LogP contribution < -0.4 is 5.32 Å². The molecule has 0 aromatic rings. The molecule has 0 aliphatic carbocycles. The zero-order valence-corrected chi connectivity index (χ0v) is 12.9. The Hall–Kier alpha value is -1.26. The van der Waals surface area contributed by atoms with Crippen LogP contribution in [0.5, 0.6) is 0 Å². The molecule has 2 N–H and O–H groups in total. The zero-order chi connectivity index (χ0) is 15.2. The van der Waals surface area contributed by atoms with Crippen LogP contribution in [0.15, 0.2) is 0 Å². The molecule has 1 fully saturated rings. The van der Waals surface area contributed by atoms with E-state index in [2.05, 4.69) is 12.2 Å². The van der Waals surface area contributed by atoms with Crippen LogP contribution in [-0.2, 0) is 4.79 Å². The summed E-state index contributed by atoms with van der Waals surface area (Å²) < 4.78 is 0. The van der Waals surface area contributed by atoms with Crippen LogP contribution in [0.4, 0.5) is 4.79 Å². The topological polar surface area (TPSA) is 69.6 Å². The monoisotopic (exact) mass is 284 g/mol. The average Bonchev–Trinajstić information content (AvgIpc) is 2.69. The first kappa shape index (κ1) is 16.8. The summed E-state index contributed by atoms with van der Waals surface area (Å²) in [5.41, 5.74) is -0.886. The number of nitrogens with zero attached hydrogens (tertiary/aromatic N) is 1. The predicted octanol–water partition coefficient (Wildman–Crippen LogP) is 2.85. The molecule has 0 saturated carbocycles. The molecule has 1 rings (SSSR count). The number of aliphatic carboxylic acids is 1. The van der Waals surface area contributed by atoms with E-state index in [9.17, 15) is 14.7 Å². The highest BCUT2D eigenvalue weighted by Gasteiger charge is 2.33. The van der Waals surface area contributed by atoms with Gasteiger partial charge in [0.15, 0.2) is 0 Å². The van der Waals surface area contributed by atoms with Crippen molar-refractivity contribution in [2.24, 2.45) is 5.41 Å². The number of rotatable bonds is 5. The summed E-state index contributed by atoms with van der Waals surface area (Å²) in [7, 11) is 0. The summed E-state index contributed by atoms with van der Waals surface area (Å²) in [6.45, 7) is 6.57. The first-order valence-corrected chi connectivity index (χ1v) is 7.72. The lowest BCUT2D eigenvalue weighted by Gasteiger charge is -2.31. The Bertz CT molecular complexity index is 346. The number of carbonyl (C=O) groups excluding carboxylic acids is 1. The third-order valence-corrected chi connectivity index (χ3v) is 4.54. The lowest BCUT2D eigenvalue weighted by molar-refractivity contribution is -0.147. The van der Waals surface area contributed by atoms with E-state index < -0.39 is 11.4 Å². The molecule has 116 valence electrons. The lowest BCUT2D eigenvalue weighted by atomic mass is 9.88. The van der Waals surface area contributed by atoms with Crippen LogP contribution in [0.25, 0.3) is 0 Å². The molecule has 1 aliphatic rings. The summed E-state index contributed by atoms with van der Waals surface area (Å²) in [4.78, 5) is 25.5. The van der Waals surface area contributed by atoms with Crippen molar-refractivity contribution in [3.05, 3.63) is 0 Å². The van der Waals surface area contributed by atoms with E-state index in [-0.39, 0.29) is 18.6 Å². The second-order valence-corrected chi connectivity index (χ2v) is 5.98. The van der Waals surface area contributed by atoms with Gasteiger partial charge in [-0.2, -0.15) is 0 Å². The maximum atomic E-state index is 12.3. The molecule has 5 nitrogen and oxygen atoms in total. The zero-order valence-electron chi connectivity index (χ0n) is 12.9. The van der Waals surface area contributed by atoms with Crippen molar-refractivity contribution in [1.82, 2.24) is 10.2 Å². The van der Waals surface area contributed by atoms with E-state index in [1.54, 1.807) is 6.92 Å². The fourth-order valence-electron chi connectivity index (χ4n) is 2.59. The minimum atomic E-state index is -0.886. The van der Waals surface area contributed by atoms with Gasteiger partial charge in [0.2, 0.25) is 0 Å². The van der Waals surface area contributed by atoms with Crippen molar-refractivity contribution >= 4 is 12.0 Å². The Balaban J connectivity index is 2.62. The maximum Gasteiger partial charge on any atom is 0.317 e. The summed E-state index contributed by atoms with van der Waals surface area (Å²) in [6, 6.07) is 0.176. The Morgan fingerprint density at radius 2 is 2.00 bits per heavy atom. The van der Waals surface area contributed by atoms with Crippen LogP contribution in [0.3, 0.4) is 0 Å². The minimum Gasteiger partial charge on any atom is -0.481 e. The van der Waals surface area contributed by atoms with Gasteiger partial charge < -0.3 is 15.3 Å². The number of amides is 2. The number of likely N-dealkylation sites (tertiary alicyclic amines) is 1. The molecule has 1 aliphatic heterocycles. The fourth-order valence-corrected chi connectivity index (χ4v) is 2.59. The van der Waals surface area contributed by atoms with Gasteiger partial charge in [0.1, 0.15) is 0 Å². The van der Waals surface area contributed by atoms with Gasteiger partial charge in [-0.15, -0.1) is 0 Å². The van der Waals surface area contributed by atoms with Gasteiger partial charge in [0, 0.05) is 19.1 Å². The molecular formula is C15H28N2O3. The first-order valence-electron chi connectivity index (χ1n) is 7.72. The van der Waals surface area contributed by atoms with Gasteiger partial charge in [0.05, 0.1) is 5.41 Å². The Morgan fingerprint density at radius 1 is 1.30 bits per heavy atom. The molecule has 0 radical (unpaired) electrons. The van der Waals surface area contributed by atoms with E-state index in [0.29, 0.717) is 6.42 Å². The van der Waals surface area contributed by atoms with Crippen LogP contribution in [-0.4, -0.2) is 41.1 Å². The molecule has 2 amide bonds. The molecule has 5 heteroatoms. The van der Waals surface area contributed by atoms with E-state index in [4.69, 9.17) is 0 Å². The van der Waals surface area contributed by atoms with Crippen molar-refractivity contribution in [2.45, 2.75) is 65.3 Å². The Labute approximate surface area is 121 Å². The lowest BCUT2D eigenvalue weighted by Crippen LogP contribution is -2.49. The fraction of sp³-hybridized carbons (Fsp3) is 0.867. The number of nitrogens with one attached hydrogen (secondary N) is 1. The summed E-state index contributed by atoms with van der Waals surface area (Å²) in [6.07, 6.45) is 5.88. The standard InChI is InChI=1S/C15H28N2O3/c1-4-12-9-7-6-8-10-17(12)14(20)16-11-15(3,5-2)13(18)19/h12H,4-11H2,1-3H3,(H,16,20)(H,18,19). The third kappa shape index (κ3) is 4.12. The normalized spacial score (nSPS) is 22.8. The molecule has 20 heavy (non-hydrogen) atoms. The van der Waals surface area contributed by atoms with Crippen LogP contribution in [0.2, 0.25) is 0 Å². The smallest absolute Gasteiger partial charge is 0.317 e. The number of urea groups is 1. The van der Waals surface area contributed by atoms with Crippen molar-refractivity contribution in [3.63, 3.8) is 0 Å². The van der Waals surface area contributed by atoms with E-state index >= 15 is 0 Å². The van der Waals surface area contributed by atoms with Gasteiger partial charge in [-0.3, -0.25) is 4.79 Å². The molecule has 0 aromatic heterocycles. The molecule has 2 unspecified atom stereocenters. The Kier molecular flexibility index (Phi) is 6.30. The van der Waals surface area contributed by atoms with Gasteiger partial charge in [-0.25, -0.2) is 4.79 Å². The second-order valence-electron chi connectivity index (χ2n) is 5.98. The van der Waals surface area contributed by atoms with Crippen molar-refractivity contribution in [3.8, 4) is 0 Å². The van der Waals surface area contributed by atoms with Gasteiger partial charge in [-0.1, -0.05) is 26.7 Å². The minimum absolute atomic E-state index is 0.111. The summed E-state index contributed by atoms with van der Waals surface area (Å²) >= 11 is 0. The summed E-state index contributed by atoms with van der Waals surface area (Å²) in [5, 5.41) is 12.1. The molecule has 1 heterocycles. The quantitative estimate of drug-likeness (QED) is 0.815. The third-order valence-electron chi connectivity index (χ3n) is 4.54. The van der Waals surface area contributed by atoms with Crippen LogP contribution in [0, 0.1) is 5.41 Å². The number of carboxylic acids is 1. The highest BCUT2D eigenvalue weighted by atomic mass is 16.4. The van der Waals surface area contributed by atoms with Crippen molar-refractivity contribution < 1.29 is 14.7 Å². The number of hydrogen-bond acceptors (Lipinski definition) is 2. The molecule has 0 bridgehead atoms. The summed E-state index contributed by atoms with van der Waals surface area (Å²) in [5.74, 6) is -0.858. The van der Waals surface area contributed by atoms with E-state index in [1.807, 2.05) is 11.8 Å². The highest BCUT2D eigenvalue weighted by Crippen LogP contribution is 2.22. The molecule has 0 aromatic carbocycles. The molecular weight excluding hydrogens is 256 g/mol. The van der Waals surface area contributed by atoms with Gasteiger partial charge >= 0.3 is 12.0 Å². The predicted molar refractivity (Wildman–Crippen MR) is 78.7 cm³/mol. The van der Waals surface area contributed by atoms with Gasteiger partial charge in [0.25, 0.3) is 0 Å². The Morgan fingerprint density at radius 3 is 2.55 bits per heavy atom. The van der Waals surface area contributed by atoms with Crippen LogP contribution >= 0.6 is 0 Å². The van der Waals surface area contributed by atoms with Gasteiger partial charge in [-0.05, 0) is 32.6 Å². The first-order chi connectivity index (χ1) is 9.44. The number of carbonyl (C=O) groups is 2. The number of carboxylic acid groups (broad SMARTS) is 1. The molecule has 1 saturated heterocycles. The number of hydrogen-bond donors (Lipinski definition) is 2. The SMILES string of the molecule is CCC1CCCCCN1C(=O)NCC(C)(CC)C(=O)O. The highest BCUT2D eigenvalue weighted by molar-refractivity contribution is 5.78. The maximum absolute atomic E-state index is 12.3. The largest absolute Gasteiger partial charge is 0.481 e. The average molecular weight is 284 g/mol. The van der Waals surface area contributed by atoms with E-state index in [1.165, 1.54) is 12.8 Å². The van der Waals surface area contributed by atoms with E-state index in [0.717, 1.165) is 25.8 Å². The second kappa shape index (κ2) is 7.50. The van der Waals surface area contributed by atoms with Crippen molar-refractivity contribution in [1.29, 1.82) is 0 Å². The van der Waals surface area contributed by atoms with Crippen LogP contribution in [0.1, 0.15) is 59.3 Å².